The van der Waals surface area contributed by atoms with Gasteiger partial charge in [0.25, 0.3) is 0 Å². The van der Waals surface area contributed by atoms with Gasteiger partial charge in [-0.25, -0.2) is 0 Å². The fourth-order valence-corrected chi connectivity index (χ4v) is 7.66. The molecule has 17 atom stereocenters. The largest absolute Gasteiger partial charge is 0.394 e. The average Bonchev–Trinajstić information content (AvgIpc) is 3.23. The van der Waals surface area contributed by atoms with E-state index in [0.29, 0.717) is 12.8 Å². The number of carbonyl (C=O) groups is 1. The highest BCUT2D eigenvalue weighted by molar-refractivity contribution is 5.76. The summed E-state index contributed by atoms with van der Waals surface area (Å²) in [4.78, 5) is 12.9. The van der Waals surface area contributed by atoms with E-state index >= 15 is 0 Å². The van der Waals surface area contributed by atoms with Crippen LogP contribution in [-0.4, -0.2) is 193 Å². The van der Waals surface area contributed by atoms with Crippen LogP contribution in [-0.2, 0) is 33.2 Å². The number of ether oxygens (including phenoxy) is 6. The van der Waals surface area contributed by atoms with Crippen molar-refractivity contribution in [2.75, 3.05) is 26.4 Å². The lowest BCUT2D eigenvalue weighted by molar-refractivity contribution is -0.379. The zero-order valence-electron chi connectivity index (χ0n) is 34.7. The van der Waals surface area contributed by atoms with Crippen LogP contribution in [0.25, 0.3) is 0 Å². The molecule has 1 amide bonds. The van der Waals surface area contributed by atoms with Crippen molar-refractivity contribution in [1.29, 1.82) is 0 Å². The first-order valence-corrected chi connectivity index (χ1v) is 21.8. The molecule has 0 aliphatic carbocycles. The third-order valence-corrected chi connectivity index (χ3v) is 11.4. The van der Waals surface area contributed by atoms with Gasteiger partial charge >= 0.3 is 0 Å². The van der Waals surface area contributed by atoms with Gasteiger partial charge in [0.05, 0.1) is 38.6 Å². The maximum absolute atomic E-state index is 12.9. The topological polar surface area (TPSA) is 307 Å². The maximum Gasteiger partial charge on any atom is 0.220 e. The Morgan fingerprint density at radius 1 is 0.542 bits per heavy atom. The van der Waals surface area contributed by atoms with E-state index in [-0.39, 0.29) is 18.9 Å². The first-order chi connectivity index (χ1) is 28.3. The summed E-state index contributed by atoms with van der Waals surface area (Å²) in [6.07, 6.45) is -11.2. The molecule has 348 valence electrons. The smallest absolute Gasteiger partial charge is 0.220 e. The monoisotopic (exact) mass is 857 g/mol. The SMILES string of the molecule is CCCCCCCCCCCC(O)C(COC1OC(CO)C(OC2OC(CO)C(OC3OC(CO)C(O)C(O)C3O)C(O)C2O)C(O)C1O)NC(=O)CCCCCCC. The first kappa shape index (κ1) is 52.1. The molecular weight excluding hydrogens is 782 g/mol. The second-order valence-corrected chi connectivity index (χ2v) is 16.2. The van der Waals surface area contributed by atoms with Gasteiger partial charge in [-0.2, -0.15) is 0 Å². The fourth-order valence-electron chi connectivity index (χ4n) is 7.66. The molecule has 19 nitrogen and oxygen atoms in total. The molecule has 0 saturated carbocycles. The van der Waals surface area contributed by atoms with Crippen LogP contribution in [0.3, 0.4) is 0 Å². The standard InChI is InChI=1S/C40H75NO18/c1-3-5-7-9-10-11-12-14-15-17-24(45)23(41-28(46)18-16-13-8-6-4-2)22-54-38-34(52)31(49)36(26(20-43)56-38)59-40-35(53)32(50)37(27(21-44)57-40)58-39-33(51)30(48)29(47)25(19-42)55-39/h23-27,29-40,42-45,47-53H,3-22H2,1-2H3,(H,41,46). The molecule has 12 N–H and O–H groups in total. The lowest BCUT2D eigenvalue weighted by atomic mass is 9.96. The Morgan fingerprint density at radius 3 is 1.47 bits per heavy atom. The zero-order chi connectivity index (χ0) is 43.5. The molecule has 3 fully saturated rings. The number of aliphatic hydroxyl groups excluding tert-OH is 11. The molecule has 3 saturated heterocycles. The van der Waals surface area contributed by atoms with Gasteiger partial charge in [-0.15, -0.1) is 0 Å². The molecule has 3 aliphatic heterocycles. The van der Waals surface area contributed by atoms with Gasteiger partial charge in [0.15, 0.2) is 18.9 Å². The van der Waals surface area contributed by atoms with Crippen LogP contribution in [0, 0.1) is 0 Å². The predicted molar refractivity (Wildman–Crippen MR) is 208 cm³/mol. The van der Waals surface area contributed by atoms with E-state index in [0.717, 1.165) is 51.4 Å². The van der Waals surface area contributed by atoms with Gasteiger partial charge in [0.1, 0.15) is 73.2 Å². The van der Waals surface area contributed by atoms with Crippen LogP contribution in [0.4, 0.5) is 0 Å². The number of hydrogen-bond donors (Lipinski definition) is 12. The Morgan fingerprint density at radius 2 is 0.966 bits per heavy atom. The third-order valence-electron chi connectivity index (χ3n) is 11.4. The first-order valence-electron chi connectivity index (χ1n) is 21.8. The number of unbranched alkanes of at least 4 members (excludes halogenated alkanes) is 12. The van der Waals surface area contributed by atoms with E-state index in [1.807, 2.05) is 0 Å². The number of hydrogen-bond acceptors (Lipinski definition) is 18. The lowest BCUT2D eigenvalue weighted by Crippen LogP contribution is -2.66. The van der Waals surface area contributed by atoms with Crippen LogP contribution in [0.5, 0.6) is 0 Å². The molecule has 3 aliphatic rings. The van der Waals surface area contributed by atoms with E-state index < -0.39 is 124 Å². The molecule has 0 bridgehead atoms. The van der Waals surface area contributed by atoms with Crippen molar-refractivity contribution in [3.05, 3.63) is 0 Å². The molecule has 0 aromatic heterocycles. The molecule has 0 radical (unpaired) electrons. The molecule has 59 heavy (non-hydrogen) atoms. The van der Waals surface area contributed by atoms with Crippen molar-refractivity contribution in [2.45, 2.75) is 221 Å². The van der Waals surface area contributed by atoms with Gasteiger partial charge in [-0.3, -0.25) is 4.79 Å². The van der Waals surface area contributed by atoms with Gasteiger partial charge in [0, 0.05) is 6.42 Å². The van der Waals surface area contributed by atoms with Crippen LogP contribution < -0.4 is 5.32 Å². The normalized spacial score (nSPS) is 36.3. The van der Waals surface area contributed by atoms with E-state index in [4.69, 9.17) is 28.4 Å². The molecule has 3 heterocycles. The summed E-state index contributed by atoms with van der Waals surface area (Å²) >= 11 is 0. The number of amides is 1. The minimum Gasteiger partial charge on any atom is -0.394 e. The number of rotatable bonds is 28. The summed E-state index contributed by atoms with van der Waals surface area (Å²) in [5, 5.41) is 119. The van der Waals surface area contributed by atoms with E-state index in [1.54, 1.807) is 0 Å². The van der Waals surface area contributed by atoms with Crippen molar-refractivity contribution in [1.82, 2.24) is 5.32 Å². The summed E-state index contributed by atoms with van der Waals surface area (Å²) in [5.74, 6) is -0.261. The number of nitrogens with one attached hydrogen (secondary N) is 1. The Hall–Kier alpha value is -1.21. The highest BCUT2D eigenvalue weighted by atomic mass is 16.8. The molecule has 19 heteroatoms. The molecule has 3 rings (SSSR count). The summed E-state index contributed by atoms with van der Waals surface area (Å²) in [5.41, 5.74) is 0. The summed E-state index contributed by atoms with van der Waals surface area (Å²) in [6, 6.07) is -0.873. The predicted octanol–water partition coefficient (Wildman–Crippen LogP) is -1.42. The maximum atomic E-state index is 12.9. The molecule has 17 unspecified atom stereocenters. The Kier molecular flexibility index (Phi) is 24.5. The highest BCUT2D eigenvalue weighted by Crippen LogP contribution is 2.33. The molecule has 0 aromatic rings. The van der Waals surface area contributed by atoms with Crippen molar-refractivity contribution in [3.8, 4) is 0 Å². The zero-order valence-corrected chi connectivity index (χ0v) is 34.7. The van der Waals surface area contributed by atoms with Crippen LogP contribution >= 0.6 is 0 Å². The van der Waals surface area contributed by atoms with E-state index in [1.165, 1.54) is 32.1 Å². The third kappa shape index (κ3) is 15.8. The lowest BCUT2D eigenvalue weighted by Gasteiger charge is -2.48. The van der Waals surface area contributed by atoms with Gasteiger partial charge in [-0.1, -0.05) is 97.3 Å². The van der Waals surface area contributed by atoms with E-state index in [9.17, 15) is 61.0 Å². The van der Waals surface area contributed by atoms with E-state index in [2.05, 4.69) is 19.2 Å². The fraction of sp³-hybridized carbons (Fsp3) is 0.975. The summed E-state index contributed by atoms with van der Waals surface area (Å²) in [6.45, 7) is 1.59. The molecular formula is C40H75NO18. The minimum absolute atomic E-state index is 0.261. The van der Waals surface area contributed by atoms with Crippen LogP contribution in [0.2, 0.25) is 0 Å². The van der Waals surface area contributed by atoms with Gasteiger partial charge in [-0.05, 0) is 12.8 Å². The van der Waals surface area contributed by atoms with Crippen LogP contribution in [0.15, 0.2) is 0 Å². The van der Waals surface area contributed by atoms with Crippen LogP contribution in [0.1, 0.15) is 117 Å². The second-order valence-electron chi connectivity index (χ2n) is 16.2. The quantitative estimate of drug-likeness (QED) is 0.0402. The minimum atomic E-state index is -1.96. The second kappa shape index (κ2) is 27.8. The summed E-state index contributed by atoms with van der Waals surface area (Å²) < 4.78 is 33.9. The average molecular weight is 858 g/mol. The van der Waals surface area contributed by atoms with Crippen molar-refractivity contribution in [2.24, 2.45) is 0 Å². The number of carbonyl (C=O) groups excluding carboxylic acids is 1. The van der Waals surface area contributed by atoms with Crippen molar-refractivity contribution >= 4 is 5.91 Å². The van der Waals surface area contributed by atoms with Gasteiger partial charge < -0.3 is 89.9 Å². The molecule has 0 aromatic carbocycles. The Bertz CT molecular complexity index is 1120. The van der Waals surface area contributed by atoms with Crippen molar-refractivity contribution in [3.63, 3.8) is 0 Å². The summed E-state index contributed by atoms with van der Waals surface area (Å²) in [7, 11) is 0. The van der Waals surface area contributed by atoms with Crippen molar-refractivity contribution < 1.29 is 89.4 Å². The Balaban J connectivity index is 1.61. The Labute approximate surface area is 347 Å². The molecule has 0 spiro atoms. The highest BCUT2D eigenvalue weighted by Gasteiger charge is 2.53. The number of aliphatic hydroxyl groups is 11. The van der Waals surface area contributed by atoms with Gasteiger partial charge in [0.2, 0.25) is 5.91 Å².